The molecule has 1 aromatic rings. The van der Waals surface area contributed by atoms with E-state index < -0.39 is 0 Å². The maximum absolute atomic E-state index is 6.33. The molecule has 1 aromatic carbocycles. The van der Waals surface area contributed by atoms with Crippen molar-refractivity contribution in [2.24, 2.45) is 0 Å². The first-order valence-electron chi connectivity index (χ1n) is 7.75. The quantitative estimate of drug-likeness (QED) is 0.827. The normalized spacial score (nSPS) is 17.9. The van der Waals surface area contributed by atoms with E-state index in [4.69, 9.17) is 9.47 Å². The second kappa shape index (κ2) is 7.65. The number of benzene rings is 1. The maximum atomic E-state index is 6.33. The molecular formula is C17H27NO2. The van der Waals surface area contributed by atoms with Crippen LogP contribution in [0, 0.1) is 0 Å². The lowest BCUT2D eigenvalue weighted by Crippen LogP contribution is -2.44. The zero-order valence-corrected chi connectivity index (χ0v) is 12.8. The minimum Gasteiger partial charge on any atom is -0.497 e. The number of hydrogen-bond donors (Lipinski definition) is 1. The van der Waals surface area contributed by atoms with Crippen molar-refractivity contribution in [2.75, 3.05) is 20.2 Å². The Hall–Kier alpha value is -1.06. The van der Waals surface area contributed by atoms with E-state index in [9.17, 15) is 0 Å². The van der Waals surface area contributed by atoms with Gasteiger partial charge in [0.25, 0.3) is 0 Å². The fourth-order valence-corrected chi connectivity index (χ4v) is 2.88. The van der Waals surface area contributed by atoms with E-state index in [0.717, 1.165) is 18.8 Å². The number of nitrogens with one attached hydrogen (secondary N) is 1. The van der Waals surface area contributed by atoms with Gasteiger partial charge < -0.3 is 14.8 Å². The molecule has 0 radical (unpaired) electrons. The van der Waals surface area contributed by atoms with Gasteiger partial charge >= 0.3 is 0 Å². The summed E-state index contributed by atoms with van der Waals surface area (Å²) in [6.07, 6.45) is 6.27. The third kappa shape index (κ3) is 4.22. The Labute approximate surface area is 122 Å². The van der Waals surface area contributed by atoms with Gasteiger partial charge in [-0.25, -0.2) is 0 Å². The van der Waals surface area contributed by atoms with Gasteiger partial charge in [-0.15, -0.1) is 0 Å². The fraction of sp³-hybridized carbons (Fsp3) is 0.647. The summed E-state index contributed by atoms with van der Waals surface area (Å²) in [6.45, 7) is 4.82. The van der Waals surface area contributed by atoms with Crippen LogP contribution in [0.25, 0.3) is 0 Å². The standard InChI is InChI=1S/C17H27NO2/c1-3-18-14-17(11-5-4-6-12-17)20-13-15-7-9-16(19-2)10-8-15/h7-10,18H,3-6,11-14H2,1-2H3. The molecule has 1 fully saturated rings. The molecule has 0 unspecified atom stereocenters. The maximum Gasteiger partial charge on any atom is 0.118 e. The van der Waals surface area contributed by atoms with E-state index in [1.54, 1.807) is 7.11 Å². The highest BCUT2D eigenvalue weighted by Gasteiger charge is 2.32. The molecule has 1 saturated carbocycles. The second-order valence-corrected chi connectivity index (χ2v) is 5.66. The first-order valence-corrected chi connectivity index (χ1v) is 7.75. The van der Waals surface area contributed by atoms with Crippen LogP contribution in [-0.4, -0.2) is 25.8 Å². The first-order chi connectivity index (χ1) is 9.78. The smallest absolute Gasteiger partial charge is 0.118 e. The average molecular weight is 277 g/mol. The molecular weight excluding hydrogens is 250 g/mol. The van der Waals surface area contributed by atoms with E-state index >= 15 is 0 Å². The summed E-state index contributed by atoms with van der Waals surface area (Å²) in [7, 11) is 1.69. The summed E-state index contributed by atoms with van der Waals surface area (Å²) in [5, 5.41) is 3.47. The minimum absolute atomic E-state index is 0.0359. The minimum atomic E-state index is 0.0359. The van der Waals surface area contributed by atoms with Gasteiger partial charge in [-0.1, -0.05) is 38.3 Å². The summed E-state index contributed by atoms with van der Waals surface area (Å²) in [4.78, 5) is 0. The van der Waals surface area contributed by atoms with E-state index in [0.29, 0.717) is 6.61 Å². The lowest BCUT2D eigenvalue weighted by molar-refractivity contribution is -0.0782. The van der Waals surface area contributed by atoms with Crippen molar-refractivity contribution >= 4 is 0 Å². The average Bonchev–Trinajstić information content (AvgIpc) is 2.52. The Morgan fingerprint density at radius 3 is 2.40 bits per heavy atom. The first kappa shape index (κ1) is 15.3. The van der Waals surface area contributed by atoms with Gasteiger partial charge in [0.1, 0.15) is 5.75 Å². The molecule has 1 aliphatic rings. The summed E-state index contributed by atoms with van der Waals surface area (Å²) in [5.74, 6) is 0.897. The number of ether oxygens (including phenoxy) is 2. The predicted octanol–water partition coefficient (Wildman–Crippen LogP) is 3.52. The van der Waals surface area contributed by atoms with E-state index in [1.807, 2.05) is 12.1 Å². The zero-order valence-electron chi connectivity index (χ0n) is 12.8. The molecule has 0 bridgehead atoms. The van der Waals surface area contributed by atoms with E-state index in [1.165, 1.54) is 37.7 Å². The number of hydrogen-bond acceptors (Lipinski definition) is 3. The van der Waals surface area contributed by atoms with Gasteiger partial charge in [0.05, 0.1) is 19.3 Å². The SMILES string of the molecule is CCNCC1(OCc2ccc(OC)cc2)CCCCC1. The van der Waals surface area contributed by atoms with Crippen molar-refractivity contribution in [3.05, 3.63) is 29.8 Å². The van der Waals surface area contributed by atoms with Gasteiger partial charge in [0.15, 0.2) is 0 Å². The van der Waals surface area contributed by atoms with Gasteiger partial charge in [-0.05, 0) is 37.1 Å². The van der Waals surface area contributed by atoms with Crippen LogP contribution in [0.4, 0.5) is 0 Å². The van der Waals surface area contributed by atoms with Crippen molar-refractivity contribution in [1.29, 1.82) is 0 Å². The third-order valence-corrected chi connectivity index (χ3v) is 4.17. The molecule has 1 N–H and O–H groups in total. The van der Waals surface area contributed by atoms with Crippen LogP contribution in [0.15, 0.2) is 24.3 Å². The van der Waals surface area contributed by atoms with Crippen LogP contribution in [0.2, 0.25) is 0 Å². The van der Waals surface area contributed by atoms with Crippen molar-refractivity contribution in [1.82, 2.24) is 5.32 Å². The van der Waals surface area contributed by atoms with Crippen LogP contribution in [0.1, 0.15) is 44.6 Å². The molecule has 0 spiro atoms. The van der Waals surface area contributed by atoms with Gasteiger partial charge in [0.2, 0.25) is 0 Å². The summed E-state index contributed by atoms with van der Waals surface area (Å²) >= 11 is 0. The van der Waals surface area contributed by atoms with Crippen LogP contribution >= 0.6 is 0 Å². The lowest BCUT2D eigenvalue weighted by Gasteiger charge is -2.37. The van der Waals surface area contributed by atoms with Crippen LogP contribution in [0.3, 0.4) is 0 Å². The molecule has 112 valence electrons. The summed E-state index contributed by atoms with van der Waals surface area (Å²) < 4.78 is 11.5. The van der Waals surface area contributed by atoms with E-state index in [-0.39, 0.29) is 5.60 Å². The molecule has 0 aromatic heterocycles. The third-order valence-electron chi connectivity index (χ3n) is 4.17. The molecule has 3 nitrogen and oxygen atoms in total. The number of methoxy groups -OCH3 is 1. The summed E-state index contributed by atoms with van der Waals surface area (Å²) in [5.41, 5.74) is 1.25. The molecule has 0 amide bonds. The Morgan fingerprint density at radius 2 is 1.80 bits per heavy atom. The van der Waals surface area contributed by atoms with Crippen molar-refractivity contribution in [3.63, 3.8) is 0 Å². The summed E-state index contributed by atoms with van der Waals surface area (Å²) in [6, 6.07) is 8.16. The Kier molecular flexibility index (Phi) is 5.86. The molecule has 0 atom stereocenters. The van der Waals surface area contributed by atoms with Crippen LogP contribution < -0.4 is 10.1 Å². The Balaban J connectivity index is 1.93. The van der Waals surface area contributed by atoms with Crippen LogP contribution in [-0.2, 0) is 11.3 Å². The van der Waals surface area contributed by atoms with E-state index in [2.05, 4.69) is 24.4 Å². The zero-order chi connectivity index (χ0) is 14.3. The Bertz CT molecular complexity index is 382. The molecule has 20 heavy (non-hydrogen) atoms. The largest absolute Gasteiger partial charge is 0.497 e. The van der Waals surface area contributed by atoms with Crippen molar-refractivity contribution < 1.29 is 9.47 Å². The van der Waals surface area contributed by atoms with Gasteiger partial charge in [-0.3, -0.25) is 0 Å². The highest BCUT2D eigenvalue weighted by Crippen LogP contribution is 2.32. The molecule has 0 saturated heterocycles. The Morgan fingerprint density at radius 1 is 1.10 bits per heavy atom. The molecule has 0 aliphatic heterocycles. The number of likely N-dealkylation sites (N-methyl/N-ethyl adjacent to an activating group) is 1. The monoisotopic (exact) mass is 277 g/mol. The van der Waals surface area contributed by atoms with Crippen molar-refractivity contribution in [3.8, 4) is 5.75 Å². The molecule has 1 aliphatic carbocycles. The molecule has 3 heteroatoms. The van der Waals surface area contributed by atoms with Gasteiger partial charge in [-0.2, -0.15) is 0 Å². The van der Waals surface area contributed by atoms with Crippen LogP contribution in [0.5, 0.6) is 5.75 Å². The topological polar surface area (TPSA) is 30.5 Å². The molecule has 2 rings (SSSR count). The predicted molar refractivity (Wildman–Crippen MR) is 82.1 cm³/mol. The molecule has 0 heterocycles. The van der Waals surface area contributed by atoms with Crippen molar-refractivity contribution in [2.45, 2.75) is 51.2 Å². The fourth-order valence-electron chi connectivity index (χ4n) is 2.88. The lowest BCUT2D eigenvalue weighted by atomic mass is 9.84. The highest BCUT2D eigenvalue weighted by molar-refractivity contribution is 5.26. The number of rotatable bonds is 7. The highest BCUT2D eigenvalue weighted by atomic mass is 16.5. The second-order valence-electron chi connectivity index (χ2n) is 5.66. The van der Waals surface area contributed by atoms with Gasteiger partial charge in [0, 0.05) is 6.54 Å².